The molecule has 0 aromatic carbocycles. The smallest absolute Gasteiger partial charge is 0.410 e. The lowest BCUT2D eigenvalue weighted by molar-refractivity contribution is 0.0930. The molecule has 5 rings (SSSR count). The van der Waals surface area contributed by atoms with Crippen LogP contribution in [0.15, 0.2) is 24.8 Å². The minimum absolute atomic E-state index is 0.112. The number of aromatic amines is 1. The van der Waals surface area contributed by atoms with Gasteiger partial charge in [-0.15, -0.1) is 0 Å². The van der Waals surface area contributed by atoms with Gasteiger partial charge in [0.2, 0.25) is 0 Å². The molecule has 0 bridgehead atoms. The number of carbonyl (C=O) groups is 1. The van der Waals surface area contributed by atoms with Gasteiger partial charge in [-0.3, -0.25) is 0 Å². The maximum absolute atomic E-state index is 12.0. The van der Waals surface area contributed by atoms with E-state index in [1.807, 2.05) is 24.8 Å². The predicted molar refractivity (Wildman–Crippen MR) is 94.7 cm³/mol. The van der Waals surface area contributed by atoms with Crippen molar-refractivity contribution >= 4 is 28.2 Å². The second-order valence-corrected chi connectivity index (χ2v) is 7.19. The maximum Gasteiger partial charge on any atom is 0.410 e. The van der Waals surface area contributed by atoms with Crippen molar-refractivity contribution in [1.29, 1.82) is 0 Å². The van der Waals surface area contributed by atoms with E-state index in [-0.39, 0.29) is 24.8 Å². The number of H-pyrrole nitrogens is 1. The Morgan fingerprint density at radius 3 is 2.81 bits per heavy atom. The van der Waals surface area contributed by atoms with Crippen molar-refractivity contribution < 1.29 is 14.6 Å². The van der Waals surface area contributed by atoms with Crippen molar-refractivity contribution in [2.75, 3.05) is 13.2 Å². The summed E-state index contributed by atoms with van der Waals surface area (Å²) in [7, 11) is 0. The van der Waals surface area contributed by atoms with Gasteiger partial charge in [0.05, 0.1) is 31.2 Å². The van der Waals surface area contributed by atoms with Crippen molar-refractivity contribution in [2.45, 2.75) is 43.9 Å². The van der Waals surface area contributed by atoms with Crippen LogP contribution in [0.5, 0.6) is 0 Å². The van der Waals surface area contributed by atoms with Gasteiger partial charge in [-0.05, 0) is 31.7 Å². The van der Waals surface area contributed by atoms with Crippen LogP contribution in [0.4, 0.5) is 4.79 Å². The molecular formula is C18H21N5O3. The molecule has 1 aliphatic heterocycles. The van der Waals surface area contributed by atoms with Crippen LogP contribution in [-0.4, -0.2) is 60.9 Å². The molecule has 1 amide bonds. The van der Waals surface area contributed by atoms with E-state index >= 15 is 0 Å². The molecule has 8 nitrogen and oxygen atoms in total. The molecule has 1 saturated carbocycles. The van der Waals surface area contributed by atoms with Crippen molar-refractivity contribution in [3.8, 4) is 0 Å². The molecule has 8 heteroatoms. The van der Waals surface area contributed by atoms with Crippen LogP contribution in [0.1, 0.15) is 31.7 Å². The molecule has 0 spiro atoms. The van der Waals surface area contributed by atoms with Gasteiger partial charge in [0.1, 0.15) is 17.3 Å². The molecule has 3 aromatic heterocycles. The number of cyclic esters (lactones) is 1. The number of aliphatic hydroxyl groups is 1. The van der Waals surface area contributed by atoms with Gasteiger partial charge in [-0.1, -0.05) is 0 Å². The fraction of sp³-hybridized carbons (Fsp3) is 0.500. The number of carbonyl (C=O) groups excluding carboxylic acids is 1. The second kappa shape index (κ2) is 5.98. The summed E-state index contributed by atoms with van der Waals surface area (Å²) in [5.41, 5.74) is 2.91. The van der Waals surface area contributed by atoms with E-state index in [9.17, 15) is 9.90 Å². The number of aliphatic hydroxyl groups excluding tert-OH is 1. The zero-order chi connectivity index (χ0) is 17.7. The number of fused-ring (bicyclic) bond motifs is 3. The Morgan fingerprint density at radius 1 is 1.23 bits per heavy atom. The lowest BCUT2D eigenvalue weighted by Gasteiger charge is -2.34. The molecule has 1 atom stereocenters. The van der Waals surface area contributed by atoms with E-state index in [1.54, 1.807) is 4.90 Å². The molecule has 136 valence electrons. The predicted octanol–water partition coefficient (Wildman–Crippen LogP) is 2.21. The van der Waals surface area contributed by atoms with E-state index in [4.69, 9.17) is 4.74 Å². The topological polar surface area (TPSA) is 96.3 Å². The van der Waals surface area contributed by atoms with Gasteiger partial charge >= 0.3 is 6.09 Å². The van der Waals surface area contributed by atoms with Gasteiger partial charge in [-0.2, -0.15) is 0 Å². The summed E-state index contributed by atoms with van der Waals surface area (Å²) in [5.74, 6) is 0. The Kier molecular flexibility index (Phi) is 3.59. The first-order chi connectivity index (χ1) is 12.7. The van der Waals surface area contributed by atoms with E-state index in [1.165, 1.54) is 0 Å². The number of pyridine rings is 1. The Hall–Kier alpha value is -2.61. The van der Waals surface area contributed by atoms with Crippen LogP contribution < -0.4 is 0 Å². The molecule has 0 radical (unpaired) electrons. The molecule has 1 saturated heterocycles. The molecule has 3 aromatic rings. The summed E-state index contributed by atoms with van der Waals surface area (Å²) in [6.45, 7) is 0.383. The van der Waals surface area contributed by atoms with Gasteiger partial charge in [0.15, 0.2) is 0 Å². The number of amides is 1. The fourth-order valence-corrected chi connectivity index (χ4v) is 4.39. The summed E-state index contributed by atoms with van der Waals surface area (Å²) >= 11 is 0. The highest BCUT2D eigenvalue weighted by atomic mass is 16.6. The fourth-order valence-electron chi connectivity index (χ4n) is 4.39. The first-order valence-electron chi connectivity index (χ1n) is 9.11. The van der Waals surface area contributed by atoms with Crippen LogP contribution in [-0.2, 0) is 4.74 Å². The third-order valence-electron chi connectivity index (χ3n) is 5.72. The monoisotopic (exact) mass is 355 g/mol. The number of imidazole rings is 1. The second-order valence-electron chi connectivity index (χ2n) is 7.19. The highest BCUT2D eigenvalue weighted by Crippen LogP contribution is 2.35. The third kappa shape index (κ3) is 2.36. The van der Waals surface area contributed by atoms with Gasteiger partial charge in [0.25, 0.3) is 0 Å². The molecule has 1 aliphatic carbocycles. The first-order valence-corrected chi connectivity index (χ1v) is 9.11. The van der Waals surface area contributed by atoms with Crippen molar-refractivity contribution in [2.24, 2.45) is 0 Å². The van der Waals surface area contributed by atoms with Gasteiger partial charge in [-0.25, -0.2) is 14.8 Å². The number of ether oxygens (including phenoxy) is 1. The number of hydrogen-bond donors (Lipinski definition) is 2. The largest absolute Gasteiger partial charge is 0.442 e. The Balaban J connectivity index is 1.37. The molecule has 1 unspecified atom stereocenters. The molecule has 26 heavy (non-hydrogen) atoms. The highest BCUT2D eigenvalue weighted by molar-refractivity contribution is 6.00. The zero-order valence-electron chi connectivity index (χ0n) is 14.3. The molecular weight excluding hydrogens is 334 g/mol. The Labute approximate surface area is 149 Å². The third-order valence-corrected chi connectivity index (χ3v) is 5.72. The lowest BCUT2D eigenvalue weighted by Crippen LogP contribution is -2.39. The number of nitrogens with zero attached hydrogens (tertiary/aromatic N) is 4. The number of hydrogen-bond acceptors (Lipinski definition) is 5. The van der Waals surface area contributed by atoms with E-state index in [2.05, 4.69) is 19.5 Å². The lowest BCUT2D eigenvalue weighted by atomic mass is 9.90. The van der Waals surface area contributed by atoms with Crippen molar-refractivity contribution in [1.82, 2.24) is 24.4 Å². The molecule has 2 fully saturated rings. The highest BCUT2D eigenvalue weighted by Gasteiger charge is 2.37. The van der Waals surface area contributed by atoms with Crippen molar-refractivity contribution in [3.63, 3.8) is 0 Å². The number of aromatic nitrogens is 4. The summed E-state index contributed by atoms with van der Waals surface area (Å²) in [4.78, 5) is 25.9. The van der Waals surface area contributed by atoms with Gasteiger partial charge in [0, 0.05) is 23.7 Å². The van der Waals surface area contributed by atoms with Crippen LogP contribution in [0.3, 0.4) is 0 Å². The maximum atomic E-state index is 12.0. The molecule has 2 N–H and O–H groups in total. The average molecular weight is 355 g/mol. The number of rotatable bonds is 3. The van der Waals surface area contributed by atoms with Crippen LogP contribution in [0, 0.1) is 0 Å². The Morgan fingerprint density at radius 2 is 2.04 bits per heavy atom. The van der Waals surface area contributed by atoms with Crippen molar-refractivity contribution in [3.05, 3.63) is 24.8 Å². The first kappa shape index (κ1) is 15.6. The minimum atomic E-state index is -0.382. The summed E-state index contributed by atoms with van der Waals surface area (Å²) < 4.78 is 7.45. The van der Waals surface area contributed by atoms with Crippen LogP contribution in [0.25, 0.3) is 22.1 Å². The minimum Gasteiger partial charge on any atom is -0.442 e. The standard InChI is InChI=1S/C18H21N5O3/c24-9-13-8-22(18(25)26-13)11-1-3-12(4-2-11)23-10-21-15-7-20-17-14(16(15)23)5-6-19-17/h5-7,10-13,24H,1-4,8-9H2,(H,19,20). The SMILES string of the molecule is O=C1OC(CO)CN1C1CCC(n2cnc3cnc4[nH]ccc4c32)CC1. The van der Waals surface area contributed by atoms with Gasteiger partial charge < -0.3 is 24.3 Å². The summed E-state index contributed by atoms with van der Waals surface area (Å²) in [6.07, 6.45) is 8.78. The van der Waals surface area contributed by atoms with Crippen LogP contribution in [0.2, 0.25) is 0 Å². The Bertz CT molecular complexity index is 956. The molecule has 2 aliphatic rings. The van der Waals surface area contributed by atoms with E-state index in [0.717, 1.165) is 47.8 Å². The normalized spacial score (nSPS) is 26.7. The zero-order valence-corrected chi connectivity index (χ0v) is 14.3. The van der Waals surface area contributed by atoms with E-state index < -0.39 is 0 Å². The average Bonchev–Trinajstić information content (AvgIpc) is 3.38. The summed E-state index contributed by atoms with van der Waals surface area (Å²) in [5, 5.41) is 10.3. The summed E-state index contributed by atoms with van der Waals surface area (Å²) in [6, 6.07) is 2.60. The number of nitrogens with one attached hydrogen (secondary N) is 1. The van der Waals surface area contributed by atoms with E-state index in [0.29, 0.717) is 12.6 Å². The van der Waals surface area contributed by atoms with Crippen LogP contribution >= 0.6 is 0 Å². The quantitative estimate of drug-likeness (QED) is 0.751. The molecule has 4 heterocycles.